The summed E-state index contributed by atoms with van der Waals surface area (Å²) in [5.41, 5.74) is 3.01. The molecule has 4 rings (SSSR count). The molecule has 4 amide bonds. The van der Waals surface area contributed by atoms with E-state index < -0.39 is 57.6 Å². The van der Waals surface area contributed by atoms with Gasteiger partial charge >= 0.3 is 5.97 Å². The Labute approximate surface area is 254 Å². The molecule has 4 heterocycles. The van der Waals surface area contributed by atoms with Crippen molar-refractivity contribution in [2.45, 2.75) is 64.0 Å². The third-order valence-electron chi connectivity index (χ3n) is 7.12. The van der Waals surface area contributed by atoms with Crippen molar-refractivity contribution in [2.75, 3.05) is 23.7 Å². The summed E-state index contributed by atoms with van der Waals surface area (Å²) < 4.78 is 32.8. The van der Waals surface area contributed by atoms with Crippen LogP contribution in [0.15, 0.2) is 36.7 Å². The second-order valence-electron chi connectivity index (χ2n) is 10.6. The molecular formula is C28H34N6O9S. The smallest absolute Gasteiger partial charge is 0.333 e. The number of aryl methyl sites for hydroxylation is 1. The summed E-state index contributed by atoms with van der Waals surface area (Å²) in [6.45, 7) is 2.50. The van der Waals surface area contributed by atoms with Crippen LogP contribution in [0.2, 0.25) is 0 Å². The van der Waals surface area contributed by atoms with Gasteiger partial charge < -0.3 is 20.4 Å². The number of hydrogen-bond donors (Lipinski definition) is 3. The van der Waals surface area contributed by atoms with Crippen molar-refractivity contribution < 1.29 is 41.8 Å². The van der Waals surface area contributed by atoms with Gasteiger partial charge in [-0.1, -0.05) is 0 Å². The zero-order valence-corrected chi connectivity index (χ0v) is 24.9. The first-order chi connectivity index (χ1) is 20.9. The van der Waals surface area contributed by atoms with Crippen LogP contribution < -0.4 is 15.5 Å². The highest BCUT2D eigenvalue weighted by Gasteiger charge is 2.35. The number of nitrogens with one attached hydrogen (secondary N) is 2. The van der Waals surface area contributed by atoms with Crippen molar-refractivity contribution in [2.24, 2.45) is 0 Å². The Kier molecular flexibility index (Phi) is 10.6. The van der Waals surface area contributed by atoms with E-state index in [0.717, 1.165) is 5.56 Å². The van der Waals surface area contributed by atoms with Crippen LogP contribution in [-0.4, -0.2) is 88.5 Å². The van der Waals surface area contributed by atoms with Gasteiger partial charge in [0.05, 0.1) is 11.4 Å². The van der Waals surface area contributed by atoms with E-state index >= 15 is 0 Å². The highest BCUT2D eigenvalue weighted by molar-refractivity contribution is 7.85. The molecule has 2 unspecified atom stereocenters. The van der Waals surface area contributed by atoms with E-state index in [1.165, 1.54) is 0 Å². The summed E-state index contributed by atoms with van der Waals surface area (Å²) in [5.74, 6) is -4.39. The van der Waals surface area contributed by atoms with Gasteiger partial charge in [-0.3, -0.25) is 33.7 Å². The number of rotatable bonds is 13. The average molecular weight is 631 g/mol. The number of imide groups is 1. The Morgan fingerprint density at radius 3 is 2.43 bits per heavy atom. The second kappa shape index (κ2) is 14.4. The topological polar surface area (TPSA) is 205 Å². The standard InChI is InChI=1S/C28H34N6O9S/c1-18-9-12-29-20(15-18)21-16-19(10-13-30-21)33-14-4-5-23(33)28(39)32-22(17-44(40,41)42)27(38)31-11-3-2-6-26(37)43-34-24(35)7-8-25(34)36/h9-10,12-13,15-16,22-23H,2-8,11,14,17H2,1H3,(H,31,38)(H,32,39)(H,40,41,42). The Hall–Kier alpha value is -4.44. The minimum atomic E-state index is -4.64. The largest absolute Gasteiger partial charge is 0.359 e. The van der Waals surface area contributed by atoms with Crippen LogP contribution in [0.1, 0.15) is 50.5 Å². The maximum atomic E-state index is 13.3. The molecule has 0 aromatic carbocycles. The van der Waals surface area contributed by atoms with Gasteiger partial charge in [0.2, 0.25) is 11.8 Å². The Morgan fingerprint density at radius 2 is 1.75 bits per heavy atom. The molecule has 2 aliphatic rings. The van der Waals surface area contributed by atoms with Crippen molar-refractivity contribution in [3.63, 3.8) is 0 Å². The Bertz CT molecular complexity index is 1520. The molecule has 0 saturated carbocycles. The molecule has 15 nitrogen and oxygen atoms in total. The summed E-state index contributed by atoms with van der Waals surface area (Å²) in [5, 5.41) is 5.43. The Morgan fingerprint density at radius 1 is 1.07 bits per heavy atom. The lowest BCUT2D eigenvalue weighted by atomic mass is 10.1. The molecule has 3 N–H and O–H groups in total. The van der Waals surface area contributed by atoms with E-state index in [1.54, 1.807) is 18.5 Å². The molecule has 16 heteroatoms. The summed E-state index contributed by atoms with van der Waals surface area (Å²) in [6.07, 6.45) is 4.76. The summed E-state index contributed by atoms with van der Waals surface area (Å²) in [7, 11) is -4.64. The lowest BCUT2D eigenvalue weighted by molar-refractivity contribution is -0.197. The first-order valence-corrected chi connectivity index (χ1v) is 15.8. The van der Waals surface area contributed by atoms with Gasteiger partial charge in [0.25, 0.3) is 21.9 Å². The molecule has 0 aliphatic carbocycles. The molecular weight excluding hydrogens is 596 g/mol. The van der Waals surface area contributed by atoms with Crippen molar-refractivity contribution in [3.8, 4) is 11.4 Å². The van der Waals surface area contributed by atoms with Crippen LogP contribution in [0.3, 0.4) is 0 Å². The zero-order valence-electron chi connectivity index (χ0n) is 24.1. The van der Waals surface area contributed by atoms with Crippen molar-refractivity contribution in [3.05, 3.63) is 42.2 Å². The van der Waals surface area contributed by atoms with Crippen LogP contribution in [0.4, 0.5) is 5.69 Å². The molecule has 2 atom stereocenters. The summed E-state index contributed by atoms with van der Waals surface area (Å²) in [6, 6.07) is 5.06. The number of anilines is 1. The lowest BCUT2D eigenvalue weighted by Gasteiger charge is -2.28. The molecule has 2 aromatic heterocycles. The van der Waals surface area contributed by atoms with Crippen molar-refractivity contribution >= 4 is 45.4 Å². The van der Waals surface area contributed by atoms with E-state index in [1.807, 2.05) is 30.0 Å². The number of aromatic nitrogens is 2. The van der Waals surface area contributed by atoms with Gasteiger partial charge in [-0.15, -0.1) is 5.06 Å². The number of unbranched alkanes of at least 4 members (excludes halogenated alkanes) is 1. The van der Waals surface area contributed by atoms with Crippen LogP contribution >= 0.6 is 0 Å². The molecule has 0 bridgehead atoms. The van der Waals surface area contributed by atoms with Crippen molar-refractivity contribution in [1.29, 1.82) is 0 Å². The third-order valence-corrected chi connectivity index (χ3v) is 7.88. The van der Waals surface area contributed by atoms with E-state index in [4.69, 9.17) is 4.84 Å². The predicted molar refractivity (Wildman–Crippen MR) is 155 cm³/mol. The van der Waals surface area contributed by atoms with Gasteiger partial charge in [-0.05, 0) is 62.4 Å². The fourth-order valence-electron chi connectivity index (χ4n) is 4.96. The maximum Gasteiger partial charge on any atom is 0.333 e. The second-order valence-corrected chi connectivity index (χ2v) is 12.1. The Balaban J connectivity index is 1.32. The molecule has 0 radical (unpaired) electrons. The fourth-order valence-corrected chi connectivity index (χ4v) is 5.61. The predicted octanol–water partition coefficient (Wildman–Crippen LogP) is 0.687. The third kappa shape index (κ3) is 8.79. The summed E-state index contributed by atoms with van der Waals surface area (Å²) >= 11 is 0. The molecule has 2 fully saturated rings. The lowest BCUT2D eigenvalue weighted by Crippen LogP contribution is -2.54. The molecule has 2 aromatic rings. The van der Waals surface area contributed by atoms with Crippen LogP contribution in [0, 0.1) is 6.92 Å². The monoisotopic (exact) mass is 630 g/mol. The highest BCUT2D eigenvalue weighted by Crippen LogP contribution is 2.28. The molecule has 2 saturated heterocycles. The molecule has 0 spiro atoms. The first kappa shape index (κ1) is 32.5. The number of carbonyl (C=O) groups is 5. The van der Waals surface area contributed by atoms with Crippen LogP contribution in [0.25, 0.3) is 11.4 Å². The van der Waals surface area contributed by atoms with E-state index in [-0.39, 0.29) is 38.6 Å². The number of carbonyl (C=O) groups excluding carboxylic acids is 5. The average Bonchev–Trinajstić information content (AvgIpc) is 3.59. The SMILES string of the molecule is Cc1ccnc(-c2cc(N3CCCC3C(=O)NC(CS(=O)(=O)O)C(=O)NCCCCC(=O)ON3C(=O)CCC3=O)ccn2)c1. The maximum absolute atomic E-state index is 13.3. The minimum absolute atomic E-state index is 0.0193. The minimum Gasteiger partial charge on any atom is -0.359 e. The van der Waals surface area contributed by atoms with Crippen molar-refractivity contribution in [1.82, 2.24) is 25.7 Å². The molecule has 2 aliphatic heterocycles. The molecule has 236 valence electrons. The van der Waals surface area contributed by atoms with Gasteiger partial charge in [-0.25, -0.2) is 4.79 Å². The van der Waals surface area contributed by atoms with E-state index in [2.05, 4.69) is 20.6 Å². The zero-order chi connectivity index (χ0) is 31.9. The first-order valence-electron chi connectivity index (χ1n) is 14.2. The number of amides is 4. The fraction of sp³-hybridized carbons (Fsp3) is 0.464. The van der Waals surface area contributed by atoms with Gasteiger partial charge in [-0.2, -0.15) is 8.42 Å². The highest BCUT2D eigenvalue weighted by atomic mass is 32.2. The van der Waals surface area contributed by atoms with Gasteiger partial charge in [0.1, 0.15) is 17.8 Å². The van der Waals surface area contributed by atoms with Gasteiger partial charge in [0.15, 0.2) is 0 Å². The number of nitrogens with zero attached hydrogens (tertiary/aromatic N) is 4. The quantitative estimate of drug-likeness (QED) is 0.159. The number of hydroxylamine groups is 2. The van der Waals surface area contributed by atoms with E-state index in [9.17, 15) is 36.9 Å². The molecule has 44 heavy (non-hydrogen) atoms. The summed E-state index contributed by atoms with van der Waals surface area (Å²) in [4.78, 5) is 76.6. The normalized spacial score (nSPS) is 17.5. The van der Waals surface area contributed by atoms with E-state index in [0.29, 0.717) is 41.5 Å². The number of pyridine rings is 2. The van der Waals surface area contributed by atoms with Gasteiger partial charge in [0, 0.05) is 50.4 Å². The number of hydrogen-bond acceptors (Lipinski definition) is 11. The van der Waals surface area contributed by atoms with Crippen LogP contribution in [-0.2, 0) is 38.9 Å². The van der Waals surface area contributed by atoms with Crippen LogP contribution in [0.5, 0.6) is 0 Å².